The SMILES string of the molecule is [2H]c1c(-c2c([2H])c([2H])c([2H])c(-c3ccc(-c4ccc5ccc6cccnc6c5n4)c4ccccc34)c2[2H])sc(-c2c([2H])c3c([2H])c([2H])c([2H])c([2H])c3c3c([2H])c([2H])c([2H])c([2H])c23)c1[2H]. The lowest BCUT2D eigenvalue weighted by atomic mass is 9.92. The van der Waals surface area contributed by atoms with Crippen molar-refractivity contribution in [3.8, 4) is 43.3 Å². The number of pyridine rings is 2. The van der Waals surface area contributed by atoms with Gasteiger partial charge in [-0.15, -0.1) is 11.3 Å². The molecule has 228 valence electrons. The highest BCUT2D eigenvalue weighted by Crippen LogP contribution is 2.42. The Morgan fingerprint density at radius 3 is 2.06 bits per heavy atom. The number of fused-ring (bicyclic) bond motifs is 7. The molecule has 10 aromatic rings. The predicted molar refractivity (Wildman–Crippen MR) is 209 cm³/mol. The summed E-state index contributed by atoms with van der Waals surface area (Å²) in [4.78, 5) is 9.30. The average molecular weight is 656 g/mol. The van der Waals surface area contributed by atoms with Crippen LogP contribution in [0.1, 0.15) is 20.6 Å². The lowest BCUT2D eigenvalue weighted by Gasteiger charge is -2.13. The van der Waals surface area contributed by atoms with E-state index in [-0.39, 0.29) is 54.0 Å². The van der Waals surface area contributed by atoms with E-state index in [4.69, 9.17) is 20.1 Å². The van der Waals surface area contributed by atoms with Gasteiger partial charge in [0.1, 0.15) is 0 Å². The maximum absolute atomic E-state index is 9.63. The van der Waals surface area contributed by atoms with Gasteiger partial charge < -0.3 is 0 Å². The van der Waals surface area contributed by atoms with Crippen LogP contribution in [0.25, 0.3) is 97.4 Å². The van der Waals surface area contributed by atoms with Crippen LogP contribution in [-0.4, -0.2) is 9.97 Å². The van der Waals surface area contributed by atoms with Crippen LogP contribution in [-0.2, 0) is 0 Å². The standard InChI is InChI=1S/C46H28N2S/c1-2-13-34-32(9-1)28-41(39-17-6-4-14-36(34)39)44-25-24-43(49-44)33-11-7-10-31(27-33)35-21-22-40(38-16-5-3-15-37(35)38)42-23-20-30-19-18-29-12-8-26-47-45(29)46(30)48-42/h1-28H/i1D,2D,4D,6D,7D,9D,10D,11D,13D,14D,17D,24D,25D,27D,28D. The molecule has 0 fully saturated rings. The largest absolute Gasteiger partial charge is 0.254 e. The summed E-state index contributed by atoms with van der Waals surface area (Å²) in [6.45, 7) is 0. The number of rotatable bonds is 4. The molecule has 10 rings (SSSR count). The molecule has 49 heavy (non-hydrogen) atoms. The third kappa shape index (κ3) is 4.62. The molecular formula is C46H28N2S. The fraction of sp³-hybridized carbons (Fsp3) is 0. The minimum absolute atomic E-state index is 0.0104. The second kappa shape index (κ2) is 11.2. The van der Waals surface area contributed by atoms with E-state index in [1.165, 1.54) is 0 Å². The van der Waals surface area contributed by atoms with Gasteiger partial charge in [-0.25, -0.2) is 4.98 Å². The first-order valence-corrected chi connectivity index (χ1v) is 16.2. The van der Waals surface area contributed by atoms with Gasteiger partial charge in [-0.1, -0.05) is 127 Å². The van der Waals surface area contributed by atoms with Gasteiger partial charge in [0.25, 0.3) is 0 Å². The third-order valence-electron chi connectivity index (χ3n) is 8.60. The van der Waals surface area contributed by atoms with Gasteiger partial charge in [-0.05, 0) is 85.3 Å². The summed E-state index contributed by atoms with van der Waals surface area (Å²) in [5.41, 5.74) is 2.72. The van der Waals surface area contributed by atoms with Crippen LogP contribution in [0.2, 0.25) is 0 Å². The van der Waals surface area contributed by atoms with Crippen molar-refractivity contribution >= 4 is 65.5 Å². The number of benzene rings is 7. The number of hydrogen-bond donors (Lipinski definition) is 0. The lowest BCUT2D eigenvalue weighted by Crippen LogP contribution is -1.91. The number of aromatic nitrogens is 2. The number of nitrogens with zero attached hydrogens (tertiary/aromatic N) is 2. The molecule has 7 aromatic carbocycles. The quantitative estimate of drug-likeness (QED) is 0.176. The van der Waals surface area contributed by atoms with Crippen LogP contribution in [0.15, 0.2) is 170 Å². The first-order chi connectivity index (χ1) is 30.5. The van der Waals surface area contributed by atoms with Crippen LogP contribution in [0.5, 0.6) is 0 Å². The highest BCUT2D eigenvalue weighted by Gasteiger charge is 2.15. The van der Waals surface area contributed by atoms with Crippen molar-refractivity contribution < 1.29 is 20.6 Å². The first-order valence-electron chi connectivity index (χ1n) is 22.9. The smallest absolute Gasteiger partial charge is 0.0972 e. The third-order valence-corrected chi connectivity index (χ3v) is 9.62. The molecule has 0 saturated carbocycles. The maximum Gasteiger partial charge on any atom is 0.0972 e. The van der Waals surface area contributed by atoms with Gasteiger partial charge in [-0.3, -0.25) is 4.98 Å². The second-order valence-corrected chi connectivity index (χ2v) is 12.4. The van der Waals surface area contributed by atoms with E-state index in [1.54, 1.807) is 18.3 Å². The van der Waals surface area contributed by atoms with E-state index in [2.05, 4.69) is 4.98 Å². The summed E-state index contributed by atoms with van der Waals surface area (Å²) in [6, 6.07) is 13.8. The van der Waals surface area contributed by atoms with Crippen LogP contribution >= 0.6 is 11.3 Å². The Bertz CT molecular complexity index is 3760. The molecular weight excluding hydrogens is 613 g/mol. The van der Waals surface area contributed by atoms with E-state index < -0.39 is 84.6 Å². The maximum atomic E-state index is 9.63. The molecule has 3 heteroatoms. The molecule has 0 spiro atoms. The molecule has 0 amide bonds. The van der Waals surface area contributed by atoms with Crippen molar-refractivity contribution in [2.75, 3.05) is 0 Å². The van der Waals surface area contributed by atoms with Crippen molar-refractivity contribution in [1.82, 2.24) is 9.97 Å². The average Bonchev–Trinajstić information content (AvgIpc) is 3.58. The number of thiophene rings is 1. The molecule has 2 nitrogen and oxygen atoms in total. The molecule has 0 saturated heterocycles. The van der Waals surface area contributed by atoms with Crippen LogP contribution in [0.4, 0.5) is 0 Å². The Morgan fingerprint density at radius 2 is 1.16 bits per heavy atom. The lowest BCUT2D eigenvalue weighted by molar-refractivity contribution is 1.37. The molecule has 0 radical (unpaired) electrons. The van der Waals surface area contributed by atoms with E-state index in [0.717, 1.165) is 32.8 Å². The van der Waals surface area contributed by atoms with Gasteiger partial charge in [0.05, 0.1) is 37.3 Å². The van der Waals surface area contributed by atoms with Crippen molar-refractivity contribution in [1.29, 1.82) is 0 Å². The zero-order valence-corrected chi connectivity index (χ0v) is 26.1. The summed E-state index contributed by atoms with van der Waals surface area (Å²) >= 11 is 0.686. The van der Waals surface area contributed by atoms with Gasteiger partial charge in [-0.2, -0.15) is 0 Å². The van der Waals surface area contributed by atoms with E-state index in [1.807, 2.05) is 60.7 Å². The summed E-state index contributed by atoms with van der Waals surface area (Å²) in [7, 11) is 0. The molecule has 0 aliphatic carbocycles. The monoisotopic (exact) mass is 655 g/mol. The second-order valence-electron chi connectivity index (χ2n) is 11.4. The highest BCUT2D eigenvalue weighted by atomic mass is 32.1. The molecule has 0 aliphatic rings. The minimum atomic E-state index is -0.690. The predicted octanol–water partition coefficient (Wildman–Crippen LogP) is 13.0. The van der Waals surface area contributed by atoms with Crippen LogP contribution in [0.3, 0.4) is 0 Å². The van der Waals surface area contributed by atoms with Crippen molar-refractivity contribution in [2.45, 2.75) is 0 Å². The molecule has 0 aliphatic heterocycles. The molecule has 0 unspecified atom stereocenters. The Balaban J connectivity index is 1.22. The first kappa shape index (κ1) is 16.8. The van der Waals surface area contributed by atoms with E-state index in [9.17, 15) is 5.48 Å². The fourth-order valence-electron chi connectivity index (χ4n) is 6.34. The molecule has 3 aromatic heterocycles. The zero-order valence-electron chi connectivity index (χ0n) is 40.3. The van der Waals surface area contributed by atoms with Crippen molar-refractivity contribution in [3.63, 3.8) is 0 Å². The molecule has 0 bridgehead atoms. The van der Waals surface area contributed by atoms with Gasteiger partial charge in [0.15, 0.2) is 0 Å². The molecule has 0 N–H and O–H groups in total. The van der Waals surface area contributed by atoms with Crippen molar-refractivity contribution in [3.05, 3.63) is 170 Å². The van der Waals surface area contributed by atoms with Crippen molar-refractivity contribution in [2.24, 2.45) is 0 Å². The van der Waals surface area contributed by atoms with Gasteiger partial charge >= 0.3 is 0 Å². The Kier molecular flexibility index (Phi) is 3.85. The van der Waals surface area contributed by atoms with Crippen LogP contribution in [0, 0.1) is 0 Å². The van der Waals surface area contributed by atoms with E-state index >= 15 is 0 Å². The van der Waals surface area contributed by atoms with Gasteiger partial charge in [0, 0.05) is 37.9 Å². The molecule has 3 heterocycles. The Hall–Kier alpha value is -6.16. The van der Waals surface area contributed by atoms with E-state index in [0.29, 0.717) is 28.0 Å². The Labute approximate surface area is 308 Å². The Morgan fingerprint density at radius 1 is 0.449 bits per heavy atom. The zero-order chi connectivity index (χ0) is 45.4. The fourth-order valence-corrected chi connectivity index (χ4v) is 7.21. The summed E-state index contributed by atoms with van der Waals surface area (Å²) in [5.74, 6) is 0. The summed E-state index contributed by atoms with van der Waals surface area (Å²) in [6.07, 6.45) is 1.72. The number of hydrogen-bond acceptors (Lipinski definition) is 3. The minimum Gasteiger partial charge on any atom is -0.254 e. The normalized spacial score (nSPS) is 16.0. The van der Waals surface area contributed by atoms with Gasteiger partial charge in [0.2, 0.25) is 0 Å². The summed E-state index contributed by atoms with van der Waals surface area (Å²) < 4.78 is 134. The van der Waals surface area contributed by atoms with Crippen LogP contribution < -0.4 is 0 Å². The molecule has 0 atom stereocenters. The highest BCUT2D eigenvalue weighted by molar-refractivity contribution is 7.19. The topological polar surface area (TPSA) is 25.8 Å². The summed E-state index contributed by atoms with van der Waals surface area (Å²) in [5, 5.41) is 1.94.